The van der Waals surface area contributed by atoms with Crippen molar-refractivity contribution in [2.45, 2.75) is 0 Å². The van der Waals surface area contributed by atoms with Crippen molar-refractivity contribution in [1.82, 2.24) is 15.0 Å². The van der Waals surface area contributed by atoms with Crippen LogP contribution in [0.2, 0.25) is 0 Å². The normalized spacial score (nSPS) is 12.9. The molecule has 0 bridgehead atoms. The maximum atomic E-state index is 8.60. The van der Waals surface area contributed by atoms with E-state index in [1.54, 1.807) is 18.2 Å². The van der Waals surface area contributed by atoms with Crippen molar-refractivity contribution in [2.75, 3.05) is 0 Å². The van der Waals surface area contributed by atoms with Gasteiger partial charge in [-0.15, -0.1) is 0 Å². The fraction of sp³-hybridized carbons (Fsp3) is 0. The van der Waals surface area contributed by atoms with Gasteiger partial charge in [0.2, 0.25) is 0 Å². The third-order valence-corrected chi connectivity index (χ3v) is 10.4. The van der Waals surface area contributed by atoms with E-state index in [1.807, 2.05) is 60.7 Å². The third-order valence-electron chi connectivity index (χ3n) is 10.4. The predicted molar refractivity (Wildman–Crippen MR) is 227 cm³/mol. The molecule has 0 radical (unpaired) electrons. The molecule has 4 heteroatoms. The van der Waals surface area contributed by atoms with E-state index >= 15 is 0 Å². The molecular formula is C51H31N3O. The van der Waals surface area contributed by atoms with Crippen molar-refractivity contribution in [3.8, 4) is 56.4 Å². The van der Waals surface area contributed by atoms with Crippen molar-refractivity contribution < 1.29 is 11.3 Å². The van der Waals surface area contributed by atoms with E-state index in [4.69, 9.17) is 26.2 Å². The van der Waals surface area contributed by atoms with Gasteiger partial charge in [0.25, 0.3) is 0 Å². The van der Waals surface area contributed by atoms with E-state index in [-0.39, 0.29) is 17.6 Å². The van der Waals surface area contributed by atoms with Crippen LogP contribution in [0.25, 0.3) is 111 Å². The minimum absolute atomic E-state index is 0.112. The Morgan fingerprint density at radius 2 is 0.891 bits per heavy atom. The summed E-state index contributed by atoms with van der Waals surface area (Å²) in [6.07, 6.45) is 0. The highest BCUT2D eigenvalue weighted by Gasteiger charge is 2.18. The smallest absolute Gasteiger partial charge is 0.164 e. The Balaban J connectivity index is 1.09. The summed E-state index contributed by atoms with van der Waals surface area (Å²) in [5, 5.41) is 9.20. The summed E-state index contributed by atoms with van der Waals surface area (Å²) in [5.74, 6) is 1.30. The van der Waals surface area contributed by atoms with Crippen LogP contribution in [0.15, 0.2) is 192 Å². The van der Waals surface area contributed by atoms with Gasteiger partial charge in [-0.05, 0) is 91.0 Å². The molecule has 0 spiro atoms. The van der Waals surface area contributed by atoms with Crippen molar-refractivity contribution in [3.63, 3.8) is 0 Å². The zero-order valence-electron chi connectivity index (χ0n) is 34.3. The summed E-state index contributed by atoms with van der Waals surface area (Å²) in [6, 6.07) is 51.1. The second-order valence-electron chi connectivity index (χ2n) is 13.6. The van der Waals surface area contributed by atoms with Crippen LogP contribution in [0, 0.1) is 0 Å². The van der Waals surface area contributed by atoms with Crippen LogP contribution >= 0.6 is 0 Å². The molecule has 0 saturated carbocycles. The van der Waals surface area contributed by atoms with E-state index in [2.05, 4.69) is 78.9 Å². The SMILES string of the molecule is [2H]c1c([2H])c([2H])c(-c2cccc(-c3nc(-c4ccccc4)nc(-c4ccc5oc6cccc(-c7ccc8c9ccccc9c9ccccc9c8c7)c6c5c4)n3)c2)c([2H])c1[2H]. The highest BCUT2D eigenvalue weighted by Crippen LogP contribution is 2.42. The Kier molecular flexibility index (Phi) is 6.04. The molecule has 55 heavy (non-hydrogen) atoms. The molecule has 11 rings (SSSR count). The fourth-order valence-electron chi connectivity index (χ4n) is 7.84. The first kappa shape index (κ1) is 26.4. The zero-order chi connectivity index (χ0) is 40.6. The molecule has 0 aliphatic carbocycles. The van der Waals surface area contributed by atoms with Gasteiger partial charge in [-0.1, -0.05) is 152 Å². The first-order valence-electron chi connectivity index (χ1n) is 20.6. The van der Waals surface area contributed by atoms with E-state index in [9.17, 15) is 0 Å². The number of aromatic nitrogens is 3. The summed E-state index contributed by atoms with van der Waals surface area (Å²) < 4.78 is 48.2. The lowest BCUT2D eigenvalue weighted by Crippen LogP contribution is -2.00. The molecule has 9 aromatic carbocycles. The van der Waals surface area contributed by atoms with Gasteiger partial charge in [0.05, 0.1) is 6.85 Å². The summed E-state index contributed by atoms with van der Waals surface area (Å²) in [7, 11) is 0. The van der Waals surface area contributed by atoms with Gasteiger partial charge in [0, 0.05) is 27.5 Å². The molecule has 11 aromatic rings. The fourth-order valence-corrected chi connectivity index (χ4v) is 7.84. The summed E-state index contributed by atoms with van der Waals surface area (Å²) in [5.41, 5.74) is 6.38. The number of furan rings is 1. The standard InChI is InChI=1S/C51H31N3O/c1-3-13-32(14-4-1)34-17-11-18-36(29-34)50-52-49(33-15-5-2-6-16-33)53-51(54-50)37-26-28-46-45(31-37)48-38(23-12-24-47(48)55-46)35-25-27-43-41-21-8-7-19-39(41)40-20-9-10-22-42(40)44(43)30-35/h1-31H/i1D,3D,4D,13D,14D. The van der Waals surface area contributed by atoms with Crippen LogP contribution < -0.4 is 0 Å². The molecule has 0 saturated heterocycles. The Bertz CT molecular complexity index is 3500. The van der Waals surface area contributed by atoms with Gasteiger partial charge in [0.1, 0.15) is 11.2 Å². The molecule has 2 heterocycles. The largest absolute Gasteiger partial charge is 0.456 e. The maximum Gasteiger partial charge on any atom is 0.164 e. The zero-order valence-corrected chi connectivity index (χ0v) is 29.3. The molecule has 0 fully saturated rings. The number of hydrogen-bond acceptors (Lipinski definition) is 4. The Labute approximate surface area is 324 Å². The van der Waals surface area contributed by atoms with Crippen molar-refractivity contribution >= 4 is 54.3 Å². The molecule has 0 amide bonds. The predicted octanol–water partition coefficient (Wildman–Crippen LogP) is 13.6. The number of rotatable bonds is 5. The second kappa shape index (κ2) is 12.6. The average Bonchev–Trinajstić information content (AvgIpc) is 3.69. The first-order valence-corrected chi connectivity index (χ1v) is 18.1. The molecule has 0 unspecified atom stereocenters. The van der Waals surface area contributed by atoms with E-state index < -0.39 is 18.1 Å². The minimum atomic E-state index is -0.436. The average molecular weight is 707 g/mol. The Hall–Kier alpha value is -7.43. The third kappa shape index (κ3) is 5.26. The Morgan fingerprint density at radius 3 is 1.62 bits per heavy atom. The highest BCUT2D eigenvalue weighted by atomic mass is 16.3. The summed E-state index contributed by atoms with van der Waals surface area (Å²) >= 11 is 0. The Morgan fingerprint density at radius 1 is 0.345 bits per heavy atom. The van der Waals surface area contributed by atoms with Gasteiger partial charge in [0.15, 0.2) is 17.5 Å². The molecular weight excluding hydrogens is 671 g/mol. The highest BCUT2D eigenvalue weighted by molar-refractivity contribution is 6.26. The van der Waals surface area contributed by atoms with Crippen LogP contribution in [0.4, 0.5) is 0 Å². The molecule has 4 nitrogen and oxygen atoms in total. The topological polar surface area (TPSA) is 51.8 Å². The molecule has 256 valence electrons. The molecule has 0 N–H and O–H groups in total. The summed E-state index contributed by atoms with van der Waals surface area (Å²) in [6.45, 7) is 0. The van der Waals surface area contributed by atoms with Gasteiger partial charge in [-0.2, -0.15) is 0 Å². The van der Waals surface area contributed by atoms with Crippen molar-refractivity contribution in [1.29, 1.82) is 0 Å². The van der Waals surface area contributed by atoms with Crippen LogP contribution in [-0.2, 0) is 0 Å². The van der Waals surface area contributed by atoms with E-state index in [0.717, 1.165) is 44.2 Å². The lowest BCUT2D eigenvalue weighted by atomic mass is 9.91. The monoisotopic (exact) mass is 706 g/mol. The van der Waals surface area contributed by atoms with Crippen LogP contribution in [-0.4, -0.2) is 15.0 Å². The van der Waals surface area contributed by atoms with Crippen LogP contribution in [0.1, 0.15) is 6.85 Å². The molecule has 0 aliphatic rings. The molecule has 0 atom stereocenters. The molecule has 0 aliphatic heterocycles. The first-order chi connectivity index (χ1) is 29.3. The number of nitrogens with zero attached hydrogens (tertiary/aromatic N) is 3. The number of fused-ring (bicyclic) bond motifs is 9. The lowest BCUT2D eigenvalue weighted by Gasteiger charge is -2.12. The van der Waals surface area contributed by atoms with Gasteiger partial charge < -0.3 is 4.42 Å². The van der Waals surface area contributed by atoms with Crippen molar-refractivity contribution in [2.24, 2.45) is 0 Å². The lowest BCUT2D eigenvalue weighted by molar-refractivity contribution is 0.669. The van der Waals surface area contributed by atoms with Crippen LogP contribution in [0.3, 0.4) is 0 Å². The minimum Gasteiger partial charge on any atom is -0.456 e. The number of hydrogen-bond donors (Lipinski definition) is 0. The van der Waals surface area contributed by atoms with E-state index in [1.165, 1.54) is 32.3 Å². The summed E-state index contributed by atoms with van der Waals surface area (Å²) in [4.78, 5) is 14.9. The molecule has 2 aromatic heterocycles. The van der Waals surface area contributed by atoms with Gasteiger partial charge in [-0.3, -0.25) is 0 Å². The second-order valence-corrected chi connectivity index (χ2v) is 13.6. The maximum absolute atomic E-state index is 8.60. The van der Waals surface area contributed by atoms with Gasteiger partial charge in [-0.25, -0.2) is 15.0 Å². The van der Waals surface area contributed by atoms with Gasteiger partial charge >= 0.3 is 0 Å². The van der Waals surface area contributed by atoms with E-state index in [0.29, 0.717) is 28.6 Å². The van der Waals surface area contributed by atoms with Crippen LogP contribution in [0.5, 0.6) is 0 Å². The number of benzene rings is 9. The van der Waals surface area contributed by atoms with Crippen molar-refractivity contribution in [3.05, 3.63) is 188 Å². The quantitative estimate of drug-likeness (QED) is 0.167.